The number of hydrogen-bond donors (Lipinski definition) is 0. The van der Waals surface area contributed by atoms with Crippen LogP contribution in [0.2, 0.25) is 0 Å². The second kappa shape index (κ2) is 29.5. The minimum absolute atomic E-state index is 0. The van der Waals surface area contributed by atoms with Crippen LogP contribution in [0.3, 0.4) is 0 Å². The number of hydrogen-bond acceptors (Lipinski definition) is 8. The molecule has 0 unspecified atom stereocenters. The van der Waals surface area contributed by atoms with Crippen LogP contribution in [-0.4, -0.2) is 84.8 Å². The quantitative estimate of drug-likeness (QED) is 0.0594. The summed E-state index contributed by atoms with van der Waals surface area (Å²) in [5, 5.41) is 0. The topological polar surface area (TPSA) is 105 Å². The fraction of sp³-hybridized carbons (Fsp3) is 0.300. The third-order valence-corrected chi connectivity index (χ3v) is 6.23. The summed E-state index contributed by atoms with van der Waals surface area (Å²) in [4.78, 5) is 0. The highest BCUT2D eigenvalue weighted by molar-refractivity contribution is 5.48. The molecule has 0 fully saturated rings. The number of rotatable bonds is 24. The van der Waals surface area contributed by atoms with Crippen molar-refractivity contribution in [1.82, 2.24) is 0 Å². The van der Waals surface area contributed by atoms with Gasteiger partial charge < -0.3 is 43.4 Å². The van der Waals surface area contributed by atoms with E-state index in [0.29, 0.717) is 79.3 Å². The summed E-state index contributed by atoms with van der Waals surface area (Å²) in [6, 6.07) is 39.4. The summed E-state index contributed by atoms with van der Waals surface area (Å²) in [5.41, 5.74) is 2.23. The van der Waals surface area contributed by atoms with Crippen molar-refractivity contribution in [2.75, 3.05) is 79.3 Å². The lowest BCUT2D eigenvalue weighted by Gasteiger charge is -2.07. The number of ether oxygens (including phenoxy) is 8. The molecule has 0 aromatic heterocycles. The number of benzene rings is 4. The van der Waals surface area contributed by atoms with E-state index in [-0.39, 0.29) is 5.48 Å². The zero-order chi connectivity index (χ0) is 33.4. The molecule has 2 N–H and O–H groups in total. The van der Waals surface area contributed by atoms with Gasteiger partial charge in [-0.2, -0.15) is 0 Å². The third kappa shape index (κ3) is 22.5. The average molecular weight is 675 g/mol. The van der Waals surface area contributed by atoms with E-state index in [2.05, 4.69) is 0 Å². The third-order valence-electron chi connectivity index (χ3n) is 6.23. The molecule has 4 rings (SSSR count). The second-order valence-electron chi connectivity index (χ2n) is 9.94. The van der Waals surface area contributed by atoms with Gasteiger partial charge in [-0.15, -0.1) is 0 Å². The maximum absolute atomic E-state index is 5.52. The molecule has 0 saturated carbocycles. The van der Waals surface area contributed by atoms with Crippen LogP contribution in [0.1, 0.15) is 11.1 Å². The monoisotopic (exact) mass is 674 g/mol. The minimum atomic E-state index is 0. The van der Waals surface area contributed by atoms with Gasteiger partial charge in [0.05, 0.1) is 65.4 Å². The Hall–Kier alpha value is -4.64. The van der Waals surface area contributed by atoms with Crippen molar-refractivity contribution in [2.24, 2.45) is 0 Å². The molecule has 9 nitrogen and oxygen atoms in total. The Balaban J connectivity index is 0.000000333. The molecule has 0 aliphatic carbocycles. The normalized spacial score (nSPS) is 10.6. The Morgan fingerprint density at radius 3 is 0.959 bits per heavy atom. The molecule has 0 heterocycles. The molecular formula is C40H50O9. The lowest BCUT2D eigenvalue weighted by atomic mass is 10.2. The molecule has 9 heteroatoms. The molecule has 0 bridgehead atoms. The first-order valence-electron chi connectivity index (χ1n) is 16.2. The van der Waals surface area contributed by atoms with Crippen LogP contribution in [0.25, 0.3) is 12.2 Å². The van der Waals surface area contributed by atoms with Crippen LogP contribution in [0, 0.1) is 0 Å². The maximum atomic E-state index is 5.52. The molecule has 0 aliphatic rings. The summed E-state index contributed by atoms with van der Waals surface area (Å²) >= 11 is 0. The Morgan fingerprint density at radius 1 is 0.327 bits per heavy atom. The van der Waals surface area contributed by atoms with Crippen LogP contribution < -0.4 is 9.47 Å². The molecule has 0 spiro atoms. The summed E-state index contributed by atoms with van der Waals surface area (Å²) < 4.78 is 43.5. The Bertz CT molecular complexity index is 1220. The largest absolute Gasteiger partial charge is 0.499 e. The van der Waals surface area contributed by atoms with Crippen molar-refractivity contribution < 1.29 is 43.4 Å². The molecule has 4 aromatic rings. The van der Waals surface area contributed by atoms with Crippen LogP contribution in [0.4, 0.5) is 0 Å². The lowest BCUT2D eigenvalue weighted by Crippen LogP contribution is -2.12. The van der Waals surface area contributed by atoms with Crippen molar-refractivity contribution in [1.29, 1.82) is 0 Å². The fourth-order valence-electron chi connectivity index (χ4n) is 3.85. The van der Waals surface area contributed by atoms with Gasteiger partial charge in [-0.05, 0) is 47.5 Å². The van der Waals surface area contributed by atoms with Gasteiger partial charge in [0, 0.05) is 0 Å². The number of para-hydroxylation sites is 2. The van der Waals surface area contributed by atoms with E-state index in [4.69, 9.17) is 37.9 Å². The van der Waals surface area contributed by atoms with Gasteiger partial charge >= 0.3 is 0 Å². The van der Waals surface area contributed by atoms with E-state index in [1.807, 2.05) is 133 Å². The lowest BCUT2D eigenvalue weighted by molar-refractivity contribution is 0.0228. The van der Waals surface area contributed by atoms with Crippen molar-refractivity contribution in [3.05, 3.63) is 145 Å². The zero-order valence-corrected chi connectivity index (χ0v) is 28.1. The highest BCUT2D eigenvalue weighted by Crippen LogP contribution is 2.08. The van der Waals surface area contributed by atoms with Crippen LogP contribution in [0.15, 0.2) is 134 Å². The fourth-order valence-corrected chi connectivity index (χ4v) is 3.85. The van der Waals surface area contributed by atoms with Gasteiger partial charge in [0.2, 0.25) is 0 Å². The zero-order valence-electron chi connectivity index (χ0n) is 28.1. The highest BCUT2D eigenvalue weighted by atomic mass is 16.6. The first kappa shape index (κ1) is 40.5. The Labute approximate surface area is 290 Å². The highest BCUT2D eigenvalue weighted by Gasteiger charge is 1.95. The van der Waals surface area contributed by atoms with Crippen LogP contribution >= 0.6 is 0 Å². The molecule has 0 saturated heterocycles. The molecule has 0 amide bonds. The van der Waals surface area contributed by atoms with E-state index < -0.39 is 0 Å². The molecule has 0 radical (unpaired) electrons. The van der Waals surface area contributed by atoms with Gasteiger partial charge in [0.1, 0.15) is 37.9 Å². The van der Waals surface area contributed by atoms with E-state index in [9.17, 15) is 0 Å². The standard InChI is InChI=1S/2C20H24O4.H2O/c2*1-3-7-19(8-4-1)11-12-21-13-14-22-15-16-23-17-18-24-20-9-5-2-6-10-20;/h2*1-12H,13-18H2;1H2. The first-order valence-corrected chi connectivity index (χ1v) is 16.2. The van der Waals surface area contributed by atoms with Crippen LogP contribution in [0.5, 0.6) is 11.5 Å². The molecule has 49 heavy (non-hydrogen) atoms. The van der Waals surface area contributed by atoms with E-state index in [0.717, 1.165) is 22.6 Å². The van der Waals surface area contributed by atoms with Crippen molar-refractivity contribution in [3.8, 4) is 11.5 Å². The predicted octanol–water partition coefficient (Wildman–Crippen LogP) is 6.75. The maximum Gasteiger partial charge on any atom is 0.119 e. The van der Waals surface area contributed by atoms with E-state index >= 15 is 0 Å². The molecular weight excluding hydrogens is 624 g/mol. The van der Waals surface area contributed by atoms with Crippen LogP contribution in [-0.2, 0) is 28.4 Å². The van der Waals surface area contributed by atoms with E-state index in [1.165, 1.54) is 0 Å². The van der Waals surface area contributed by atoms with Gasteiger partial charge in [0.25, 0.3) is 0 Å². The summed E-state index contributed by atoms with van der Waals surface area (Å²) in [6.07, 6.45) is 7.23. The Kier molecular flexibility index (Phi) is 24.4. The summed E-state index contributed by atoms with van der Waals surface area (Å²) in [5.74, 6) is 1.72. The minimum Gasteiger partial charge on any atom is -0.499 e. The second-order valence-corrected chi connectivity index (χ2v) is 9.94. The summed E-state index contributed by atoms with van der Waals surface area (Å²) in [6.45, 7) is 6.54. The van der Waals surface area contributed by atoms with E-state index in [1.54, 1.807) is 12.5 Å². The Morgan fingerprint density at radius 2 is 0.612 bits per heavy atom. The molecule has 4 aromatic carbocycles. The van der Waals surface area contributed by atoms with Gasteiger partial charge in [0.15, 0.2) is 0 Å². The van der Waals surface area contributed by atoms with Crippen molar-refractivity contribution in [3.63, 3.8) is 0 Å². The van der Waals surface area contributed by atoms with Gasteiger partial charge in [-0.25, -0.2) is 0 Å². The smallest absolute Gasteiger partial charge is 0.119 e. The van der Waals surface area contributed by atoms with Crippen molar-refractivity contribution in [2.45, 2.75) is 0 Å². The first-order chi connectivity index (χ1) is 23.9. The molecule has 0 atom stereocenters. The summed E-state index contributed by atoms with van der Waals surface area (Å²) in [7, 11) is 0. The molecule has 264 valence electrons. The predicted molar refractivity (Wildman–Crippen MR) is 194 cm³/mol. The average Bonchev–Trinajstić information content (AvgIpc) is 3.14. The molecule has 0 aliphatic heterocycles. The SMILES string of the molecule is C(=Cc1ccccc1)OCCOCCOCCOc1ccccc1.C(=Cc1ccccc1)OCCOCCOCCOc1ccccc1.O. The van der Waals surface area contributed by atoms with Crippen molar-refractivity contribution >= 4 is 12.2 Å². The van der Waals surface area contributed by atoms with Gasteiger partial charge in [-0.3, -0.25) is 0 Å². The van der Waals surface area contributed by atoms with Gasteiger partial charge in [-0.1, -0.05) is 97.1 Å².